The van der Waals surface area contributed by atoms with E-state index >= 15 is 0 Å². The second-order valence-corrected chi connectivity index (χ2v) is 7.91. The predicted molar refractivity (Wildman–Crippen MR) is 99.2 cm³/mol. The van der Waals surface area contributed by atoms with Crippen molar-refractivity contribution in [2.75, 3.05) is 11.1 Å². The summed E-state index contributed by atoms with van der Waals surface area (Å²) in [6.45, 7) is 1.43. The Kier molecular flexibility index (Phi) is 6.78. The molecule has 0 fully saturated rings. The van der Waals surface area contributed by atoms with Gasteiger partial charge in [-0.1, -0.05) is 24.3 Å². The summed E-state index contributed by atoms with van der Waals surface area (Å²) < 4.78 is 27.8. The molecule has 2 rings (SSSR count). The van der Waals surface area contributed by atoms with Crippen molar-refractivity contribution < 1.29 is 22.7 Å². The molecular formula is C17H18N2O5S2. The molecule has 0 aliphatic carbocycles. The largest absolute Gasteiger partial charge is 0.452 e. The fourth-order valence-electron chi connectivity index (χ4n) is 1.94. The molecular weight excluding hydrogens is 376 g/mol. The van der Waals surface area contributed by atoms with Gasteiger partial charge < -0.3 is 10.1 Å². The molecule has 0 spiro atoms. The molecule has 0 aliphatic heterocycles. The van der Waals surface area contributed by atoms with Crippen LogP contribution in [0.4, 0.5) is 5.69 Å². The van der Waals surface area contributed by atoms with E-state index < -0.39 is 28.0 Å². The number of hydrogen-bond acceptors (Lipinski definition) is 6. The molecule has 1 amide bonds. The van der Waals surface area contributed by atoms with E-state index in [1.807, 2.05) is 30.3 Å². The smallest absolute Gasteiger partial charge is 0.317 e. The summed E-state index contributed by atoms with van der Waals surface area (Å²) in [7, 11) is -3.87. The van der Waals surface area contributed by atoms with Gasteiger partial charge >= 0.3 is 5.97 Å². The maximum absolute atomic E-state index is 12.1. The quantitative estimate of drug-likeness (QED) is 0.548. The Hall–Kier alpha value is -2.36. The van der Waals surface area contributed by atoms with E-state index in [2.05, 4.69) is 5.32 Å². The fourth-order valence-corrected chi connectivity index (χ4v) is 3.20. The third-order valence-electron chi connectivity index (χ3n) is 3.21. The number of primary sulfonamides is 1. The van der Waals surface area contributed by atoms with Crippen LogP contribution in [0.1, 0.15) is 6.92 Å². The van der Waals surface area contributed by atoms with Crippen molar-refractivity contribution in [3.63, 3.8) is 0 Å². The molecule has 0 bridgehead atoms. The highest BCUT2D eigenvalue weighted by molar-refractivity contribution is 8.00. The number of benzene rings is 2. The predicted octanol–water partition coefficient (Wildman–Crippen LogP) is 2.00. The summed E-state index contributed by atoms with van der Waals surface area (Å²) in [5, 5.41) is 7.54. The Bertz CT molecular complexity index is 885. The standard InChI is InChI=1S/C17H18N2O5S2/c1-12(24-16(20)11-25-14-7-3-2-4-8-14)17(21)19-13-6-5-9-15(10-13)26(18,22)23/h2-10,12H,11H2,1H3,(H,19,21)(H2,18,22,23)/t12-/m1/s1. The van der Waals surface area contributed by atoms with Crippen molar-refractivity contribution in [1.29, 1.82) is 0 Å². The number of nitrogens with two attached hydrogens (primary N) is 1. The van der Waals surface area contributed by atoms with Gasteiger partial charge in [0.15, 0.2) is 6.10 Å². The van der Waals surface area contributed by atoms with Gasteiger partial charge in [0.1, 0.15) is 0 Å². The normalized spacial score (nSPS) is 12.2. The van der Waals surface area contributed by atoms with Gasteiger partial charge in [-0.05, 0) is 37.3 Å². The summed E-state index contributed by atoms with van der Waals surface area (Å²) in [4.78, 5) is 24.7. The molecule has 0 saturated carbocycles. The lowest BCUT2D eigenvalue weighted by molar-refractivity contribution is -0.150. The SMILES string of the molecule is C[C@@H](OC(=O)CSc1ccccc1)C(=O)Nc1cccc(S(N)(=O)=O)c1. The summed E-state index contributed by atoms with van der Waals surface area (Å²) >= 11 is 1.30. The summed E-state index contributed by atoms with van der Waals surface area (Å²) in [5.74, 6) is -1.03. The topological polar surface area (TPSA) is 116 Å². The average Bonchev–Trinajstić information content (AvgIpc) is 2.60. The molecule has 1 atom stereocenters. The average molecular weight is 394 g/mol. The van der Waals surface area contributed by atoms with Crippen LogP contribution in [0.2, 0.25) is 0 Å². The lowest BCUT2D eigenvalue weighted by atomic mass is 10.3. The van der Waals surface area contributed by atoms with Crippen molar-refractivity contribution in [3.05, 3.63) is 54.6 Å². The van der Waals surface area contributed by atoms with Crippen LogP contribution in [0.15, 0.2) is 64.4 Å². The van der Waals surface area contributed by atoms with Gasteiger partial charge in [0, 0.05) is 10.6 Å². The van der Waals surface area contributed by atoms with Crippen molar-refractivity contribution in [2.45, 2.75) is 22.8 Å². The molecule has 138 valence electrons. The molecule has 9 heteroatoms. The van der Waals surface area contributed by atoms with Crippen LogP contribution in [0.25, 0.3) is 0 Å². The number of sulfonamides is 1. The van der Waals surface area contributed by atoms with E-state index in [9.17, 15) is 18.0 Å². The minimum absolute atomic E-state index is 0.0720. The highest BCUT2D eigenvalue weighted by Gasteiger charge is 2.18. The van der Waals surface area contributed by atoms with Gasteiger partial charge in [0.25, 0.3) is 5.91 Å². The molecule has 0 radical (unpaired) electrons. The zero-order valence-electron chi connectivity index (χ0n) is 13.9. The van der Waals surface area contributed by atoms with Crippen LogP contribution < -0.4 is 10.5 Å². The first-order chi connectivity index (χ1) is 12.3. The number of esters is 1. The minimum Gasteiger partial charge on any atom is -0.452 e. The highest BCUT2D eigenvalue weighted by atomic mass is 32.2. The van der Waals surface area contributed by atoms with Crippen LogP contribution in [0, 0.1) is 0 Å². The molecule has 26 heavy (non-hydrogen) atoms. The van der Waals surface area contributed by atoms with E-state index in [-0.39, 0.29) is 16.3 Å². The molecule has 0 saturated heterocycles. The van der Waals surface area contributed by atoms with Gasteiger partial charge in [0.05, 0.1) is 10.6 Å². The van der Waals surface area contributed by atoms with E-state index in [0.717, 1.165) is 4.90 Å². The lowest BCUT2D eigenvalue weighted by Gasteiger charge is -2.14. The summed E-state index contributed by atoms with van der Waals surface area (Å²) in [5.41, 5.74) is 0.239. The number of carbonyl (C=O) groups is 2. The Morgan fingerprint density at radius 1 is 1.15 bits per heavy atom. The zero-order valence-corrected chi connectivity index (χ0v) is 15.5. The van der Waals surface area contributed by atoms with Gasteiger partial charge in [0.2, 0.25) is 10.0 Å². The van der Waals surface area contributed by atoms with Gasteiger partial charge in [-0.25, -0.2) is 13.6 Å². The van der Waals surface area contributed by atoms with E-state index in [1.54, 1.807) is 0 Å². The minimum atomic E-state index is -3.87. The lowest BCUT2D eigenvalue weighted by Crippen LogP contribution is -2.30. The molecule has 0 aromatic heterocycles. The summed E-state index contributed by atoms with van der Waals surface area (Å²) in [6.07, 6.45) is -1.03. The fraction of sp³-hybridized carbons (Fsp3) is 0.176. The molecule has 0 unspecified atom stereocenters. The van der Waals surface area contributed by atoms with E-state index in [1.165, 1.54) is 43.0 Å². The molecule has 7 nitrogen and oxygen atoms in total. The molecule has 3 N–H and O–H groups in total. The third-order valence-corrected chi connectivity index (χ3v) is 5.10. The number of ether oxygens (including phenoxy) is 1. The first-order valence-electron chi connectivity index (χ1n) is 7.57. The number of carbonyl (C=O) groups excluding carboxylic acids is 2. The number of rotatable bonds is 7. The highest BCUT2D eigenvalue weighted by Crippen LogP contribution is 2.18. The second-order valence-electron chi connectivity index (χ2n) is 5.30. The Labute approximate surface area is 156 Å². The van der Waals surface area contributed by atoms with E-state index in [4.69, 9.17) is 9.88 Å². The number of amides is 1. The van der Waals surface area contributed by atoms with Crippen LogP contribution in [-0.2, 0) is 24.3 Å². The number of thioether (sulfide) groups is 1. The van der Waals surface area contributed by atoms with Crippen LogP contribution in [0.3, 0.4) is 0 Å². The van der Waals surface area contributed by atoms with Gasteiger partial charge in [-0.3, -0.25) is 9.59 Å². The monoisotopic (exact) mass is 394 g/mol. The third kappa shape index (κ3) is 6.17. The van der Waals surface area contributed by atoms with Crippen molar-refractivity contribution in [1.82, 2.24) is 0 Å². The Morgan fingerprint density at radius 3 is 2.50 bits per heavy atom. The first kappa shape index (κ1) is 20.0. The molecule has 0 aliphatic rings. The van der Waals surface area contributed by atoms with Crippen LogP contribution in [0.5, 0.6) is 0 Å². The summed E-state index contributed by atoms with van der Waals surface area (Å²) in [6, 6.07) is 14.8. The van der Waals surface area contributed by atoms with Crippen LogP contribution in [-0.4, -0.2) is 32.2 Å². The van der Waals surface area contributed by atoms with Crippen molar-refractivity contribution in [2.24, 2.45) is 5.14 Å². The first-order valence-corrected chi connectivity index (χ1v) is 10.1. The van der Waals surface area contributed by atoms with Crippen LogP contribution >= 0.6 is 11.8 Å². The maximum Gasteiger partial charge on any atom is 0.317 e. The second kappa shape index (κ2) is 8.84. The molecule has 0 heterocycles. The molecule has 2 aromatic rings. The maximum atomic E-state index is 12.1. The van der Waals surface area contributed by atoms with Gasteiger partial charge in [-0.15, -0.1) is 11.8 Å². The number of hydrogen-bond donors (Lipinski definition) is 2. The Morgan fingerprint density at radius 2 is 1.85 bits per heavy atom. The van der Waals surface area contributed by atoms with Gasteiger partial charge in [-0.2, -0.15) is 0 Å². The number of anilines is 1. The zero-order chi connectivity index (χ0) is 19.2. The Balaban J connectivity index is 1.88. The number of nitrogens with one attached hydrogen (secondary N) is 1. The van der Waals surface area contributed by atoms with Crippen molar-refractivity contribution >= 4 is 39.3 Å². The van der Waals surface area contributed by atoms with E-state index in [0.29, 0.717) is 0 Å². The van der Waals surface area contributed by atoms with Crippen molar-refractivity contribution in [3.8, 4) is 0 Å². The molecule has 2 aromatic carbocycles.